The molecule has 20 heavy (non-hydrogen) atoms. The molecule has 3 nitrogen and oxygen atoms in total. The molecule has 1 aromatic heterocycles. The maximum Gasteiger partial charge on any atom is 0.195 e. The van der Waals surface area contributed by atoms with Crippen molar-refractivity contribution in [3.05, 3.63) is 34.6 Å². The third-order valence-electron chi connectivity index (χ3n) is 2.50. The minimum absolute atomic E-state index is 0.0802. The quantitative estimate of drug-likeness (QED) is 0.882. The third kappa shape index (κ3) is 3.34. The minimum atomic E-state index is -1.49. The second kappa shape index (κ2) is 5.49. The number of nitrogens with zero attached hydrogens (tertiary/aromatic N) is 2. The molecule has 0 amide bonds. The average molecular weight is 301 g/mol. The fourth-order valence-electron chi connectivity index (χ4n) is 1.47. The molecule has 0 unspecified atom stereocenters. The Hall–Kier alpha value is -1.47. The summed E-state index contributed by atoms with van der Waals surface area (Å²) < 4.78 is 39.7. The molecule has 1 N–H and O–H groups in total. The van der Waals surface area contributed by atoms with Gasteiger partial charge in [0, 0.05) is 5.54 Å². The number of halogens is 3. The monoisotopic (exact) mass is 301 g/mol. The number of benzene rings is 1. The predicted octanol–water partition coefficient (Wildman–Crippen LogP) is 3.51. The van der Waals surface area contributed by atoms with Crippen molar-refractivity contribution in [2.45, 2.75) is 32.9 Å². The summed E-state index contributed by atoms with van der Waals surface area (Å²) in [6.07, 6.45) is 0. The van der Waals surface area contributed by atoms with Crippen LogP contribution in [-0.2, 0) is 6.54 Å². The minimum Gasteiger partial charge on any atom is -0.306 e. The Morgan fingerprint density at radius 1 is 1.10 bits per heavy atom. The van der Waals surface area contributed by atoms with Gasteiger partial charge >= 0.3 is 0 Å². The van der Waals surface area contributed by atoms with Crippen LogP contribution in [0, 0.1) is 17.5 Å². The van der Waals surface area contributed by atoms with Gasteiger partial charge in [0.2, 0.25) is 0 Å². The van der Waals surface area contributed by atoms with Gasteiger partial charge in [0.15, 0.2) is 22.5 Å². The van der Waals surface area contributed by atoms with Crippen molar-refractivity contribution in [1.82, 2.24) is 15.5 Å². The van der Waals surface area contributed by atoms with Crippen LogP contribution in [-0.4, -0.2) is 15.7 Å². The molecule has 1 heterocycles. The van der Waals surface area contributed by atoms with Crippen LogP contribution in [0.2, 0.25) is 0 Å². The van der Waals surface area contributed by atoms with E-state index in [1.165, 1.54) is 0 Å². The summed E-state index contributed by atoms with van der Waals surface area (Å²) >= 11 is 1.14. The molecule has 0 saturated heterocycles. The summed E-state index contributed by atoms with van der Waals surface area (Å²) in [5, 5.41) is 11.8. The number of rotatable bonds is 3. The van der Waals surface area contributed by atoms with E-state index >= 15 is 0 Å². The van der Waals surface area contributed by atoms with Crippen LogP contribution >= 0.6 is 11.3 Å². The van der Waals surface area contributed by atoms with Gasteiger partial charge in [-0.1, -0.05) is 11.3 Å². The van der Waals surface area contributed by atoms with E-state index in [9.17, 15) is 13.2 Å². The van der Waals surface area contributed by atoms with E-state index in [0.717, 1.165) is 23.5 Å². The number of hydrogen-bond donors (Lipinski definition) is 1. The fourth-order valence-corrected chi connectivity index (χ4v) is 2.26. The van der Waals surface area contributed by atoms with Crippen LogP contribution < -0.4 is 5.32 Å². The Kier molecular flexibility index (Phi) is 4.10. The lowest BCUT2D eigenvalue weighted by Gasteiger charge is -2.19. The third-order valence-corrected chi connectivity index (χ3v) is 3.46. The Labute approximate surface area is 118 Å². The molecule has 0 fully saturated rings. The van der Waals surface area contributed by atoms with Crippen molar-refractivity contribution >= 4 is 11.3 Å². The Bertz CT molecular complexity index is 620. The molecule has 108 valence electrons. The lowest BCUT2D eigenvalue weighted by Crippen LogP contribution is -2.35. The standard InChI is InChI=1S/C13H14F3N3S/c1-13(2,3)17-6-9-18-19-12(20-9)7-4-5-8(14)11(16)10(7)15/h4-5,17H,6H2,1-3H3. The zero-order chi connectivity index (χ0) is 14.9. The smallest absolute Gasteiger partial charge is 0.195 e. The van der Waals surface area contributed by atoms with E-state index in [2.05, 4.69) is 15.5 Å². The molecule has 0 bridgehead atoms. The highest BCUT2D eigenvalue weighted by Gasteiger charge is 2.18. The fraction of sp³-hybridized carbons (Fsp3) is 0.385. The zero-order valence-electron chi connectivity index (χ0n) is 11.3. The molecule has 0 atom stereocenters. The van der Waals surface area contributed by atoms with E-state index in [1.54, 1.807) is 0 Å². The topological polar surface area (TPSA) is 37.8 Å². The lowest BCUT2D eigenvalue weighted by atomic mass is 10.1. The zero-order valence-corrected chi connectivity index (χ0v) is 12.1. The van der Waals surface area contributed by atoms with Gasteiger partial charge in [-0.15, -0.1) is 10.2 Å². The van der Waals surface area contributed by atoms with E-state index in [-0.39, 0.29) is 16.1 Å². The van der Waals surface area contributed by atoms with Crippen LogP contribution in [0.15, 0.2) is 12.1 Å². The normalized spacial score (nSPS) is 11.9. The lowest BCUT2D eigenvalue weighted by molar-refractivity contribution is 0.423. The van der Waals surface area contributed by atoms with Crippen LogP contribution in [0.3, 0.4) is 0 Å². The van der Waals surface area contributed by atoms with Gasteiger partial charge in [-0.3, -0.25) is 0 Å². The molecule has 0 spiro atoms. The molecule has 0 aliphatic carbocycles. The van der Waals surface area contributed by atoms with Gasteiger partial charge in [0.25, 0.3) is 0 Å². The molecule has 2 rings (SSSR count). The van der Waals surface area contributed by atoms with E-state index in [0.29, 0.717) is 11.6 Å². The molecule has 0 aliphatic heterocycles. The van der Waals surface area contributed by atoms with Crippen molar-refractivity contribution in [3.8, 4) is 10.6 Å². The maximum absolute atomic E-state index is 13.6. The van der Waals surface area contributed by atoms with Gasteiger partial charge in [-0.05, 0) is 32.9 Å². The molecule has 0 saturated carbocycles. The van der Waals surface area contributed by atoms with Gasteiger partial charge in [-0.25, -0.2) is 13.2 Å². The van der Waals surface area contributed by atoms with Gasteiger partial charge in [-0.2, -0.15) is 0 Å². The number of aromatic nitrogens is 2. The first-order chi connectivity index (χ1) is 9.28. The molecule has 0 aliphatic rings. The summed E-state index contributed by atoms with van der Waals surface area (Å²) in [5.74, 6) is -3.95. The second-order valence-corrected chi connectivity index (χ2v) is 6.39. The van der Waals surface area contributed by atoms with Crippen molar-refractivity contribution in [2.24, 2.45) is 0 Å². The number of hydrogen-bond acceptors (Lipinski definition) is 4. The highest BCUT2D eigenvalue weighted by atomic mass is 32.1. The van der Waals surface area contributed by atoms with E-state index in [4.69, 9.17) is 0 Å². The van der Waals surface area contributed by atoms with Gasteiger partial charge in [0.1, 0.15) is 5.01 Å². The highest BCUT2D eigenvalue weighted by molar-refractivity contribution is 7.14. The van der Waals surface area contributed by atoms with Crippen LogP contribution in [0.1, 0.15) is 25.8 Å². The predicted molar refractivity (Wildman–Crippen MR) is 71.8 cm³/mol. The molecule has 2 aromatic rings. The highest BCUT2D eigenvalue weighted by Crippen LogP contribution is 2.28. The first-order valence-electron chi connectivity index (χ1n) is 5.99. The van der Waals surface area contributed by atoms with E-state index in [1.807, 2.05) is 20.8 Å². The van der Waals surface area contributed by atoms with Crippen molar-refractivity contribution in [2.75, 3.05) is 0 Å². The SMILES string of the molecule is CC(C)(C)NCc1nnc(-c2ccc(F)c(F)c2F)s1. The van der Waals surface area contributed by atoms with E-state index < -0.39 is 17.5 Å². The van der Waals surface area contributed by atoms with Gasteiger partial charge < -0.3 is 5.32 Å². The average Bonchev–Trinajstić information content (AvgIpc) is 2.81. The van der Waals surface area contributed by atoms with Crippen LogP contribution in [0.5, 0.6) is 0 Å². The summed E-state index contributed by atoms with van der Waals surface area (Å²) in [4.78, 5) is 0. The summed E-state index contributed by atoms with van der Waals surface area (Å²) in [6.45, 7) is 6.49. The summed E-state index contributed by atoms with van der Waals surface area (Å²) in [7, 11) is 0. The largest absolute Gasteiger partial charge is 0.306 e. The molecular weight excluding hydrogens is 287 g/mol. The summed E-state index contributed by atoms with van der Waals surface area (Å²) in [5.41, 5.74) is -0.164. The molecule has 0 radical (unpaired) electrons. The second-order valence-electron chi connectivity index (χ2n) is 5.33. The molecule has 7 heteroatoms. The molecule has 1 aromatic carbocycles. The summed E-state index contributed by atoms with van der Waals surface area (Å²) in [6, 6.07) is 2.04. The van der Waals surface area contributed by atoms with Crippen molar-refractivity contribution in [3.63, 3.8) is 0 Å². The van der Waals surface area contributed by atoms with Crippen molar-refractivity contribution in [1.29, 1.82) is 0 Å². The van der Waals surface area contributed by atoms with Crippen molar-refractivity contribution < 1.29 is 13.2 Å². The van der Waals surface area contributed by atoms with Gasteiger partial charge in [0.05, 0.1) is 12.1 Å². The Morgan fingerprint density at radius 2 is 1.80 bits per heavy atom. The first kappa shape index (κ1) is 14.9. The van der Waals surface area contributed by atoms with Crippen LogP contribution in [0.25, 0.3) is 10.6 Å². The molecular formula is C13H14F3N3S. The first-order valence-corrected chi connectivity index (χ1v) is 6.81. The van der Waals surface area contributed by atoms with Crippen LogP contribution in [0.4, 0.5) is 13.2 Å². The Balaban J connectivity index is 2.23. The number of nitrogens with one attached hydrogen (secondary N) is 1. The Morgan fingerprint density at radius 3 is 2.45 bits per heavy atom. The maximum atomic E-state index is 13.6.